The molecule has 4 aliphatic carbocycles. The predicted octanol–water partition coefficient (Wildman–Crippen LogP) is 8.79. The third-order valence-electron chi connectivity index (χ3n) is 7.97. The molecule has 6 heteroatoms. The highest BCUT2D eigenvalue weighted by atomic mass is 35.5. The van der Waals surface area contributed by atoms with Crippen molar-refractivity contribution in [3.05, 3.63) is 90.1 Å². The van der Waals surface area contributed by atoms with Crippen LogP contribution in [0.3, 0.4) is 0 Å². The first-order valence-corrected chi connectivity index (χ1v) is 15.0. The third-order valence-corrected chi connectivity index (χ3v) is 8.79. The van der Waals surface area contributed by atoms with Crippen LogP contribution in [0, 0.1) is 21.7 Å². The van der Waals surface area contributed by atoms with Crippen LogP contribution in [0.25, 0.3) is 0 Å². The van der Waals surface area contributed by atoms with Crippen LogP contribution in [-0.4, -0.2) is 23.1 Å². The van der Waals surface area contributed by atoms with Crippen molar-refractivity contribution in [1.82, 2.24) is 0 Å². The van der Waals surface area contributed by atoms with Gasteiger partial charge in [-0.3, -0.25) is 19.2 Å². The van der Waals surface area contributed by atoms with Gasteiger partial charge in [-0.15, -0.1) is 0 Å². The average Bonchev–Trinajstić information content (AvgIpc) is 3.50. The molecule has 0 atom stereocenters. The van der Waals surface area contributed by atoms with Crippen LogP contribution in [0.15, 0.2) is 90.1 Å². The van der Waals surface area contributed by atoms with Crippen LogP contribution in [0.4, 0.5) is 0 Å². The highest BCUT2D eigenvalue weighted by molar-refractivity contribution is 6.65. The molecule has 0 aliphatic heterocycles. The summed E-state index contributed by atoms with van der Waals surface area (Å²) in [6, 6.07) is 0. The van der Waals surface area contributed by atoms with E-state index in [0.29, 0.717) is 39.0 Å². The van der Waals surface area contributed by atoms with Crippen molar-refractivity contribution in [1.29, 1.82) is 0 Å². The van der Waals surface area contributed by atoms with Gasteiger partial charge in [0.15, 0.2) is 11.6 Å². The Morgan fingerprint density at radius 2 is 0.619 bits per heavy atom. The second-order valence-electron chi connectivity index (χ2n) is 15.6. The number of hydrogen-bond donors (Lipinski definition) is 0. The Hall–Kier alpha value is -2.82. The molecule has 0 N–H and O–H groups in total. The first kappa shape index (κ1) is 32.1. The summed E-state index contributed by atoms with van der Waals surface area (Å²) in [6.45, 7) is 23.9. The molecule has 4 rings (SSSR count). The second kappa shape index (κ2) is 9.86. The first-order valence-electron chi connectivity index (χ1n) is 14.3. The summed E-state index contributed by atoms with van der Waals surface area (Å²) in [6.07, 6.45) is 7.49. The highest BCUT2D eigenvalue weighted by Gasteiger charge is 2.48. The molecule has 0 spiro atoms. The molecule has 1 saturated carbocycles. The molecule has 0 unspecified atom stereocenters. The lowest BCUT2D eigenvalue weighted by molar-refractivity contribution is -0.116. The van der Waals surface area contributed by atoms with Gasteiger partial charge >= 0.3 is 0 Å². The summed E-state index contributed by atoms with van der Waals surface area (Å²) in [5.74, 6) is -1.27. The fourth-order valence-electron chi connectivity index (χ4n) is 5.54. The van der Waals surface area contributed by atoms with Crippen molar-refractivity contribution < 1.29 is 19.2 Å². The largest absolute Gasteiger partial charge is 0.289 e. The topological polar surface area (TPSA) is 68.3 Å². The Bertz CT molecular complexity index is 1450. The van der Waals surface area contributed by atoms with E-state index in [-0.39, 0.29) is 27.2 Å². The summed E-state index contributed by atoms with van der Waals surface area (Å²) in [5, 5.41) is -0.591. The third kappa shape index (κ3) is 5.37. The molecule has 0 radical (unpaired) electrons. The van der Waals surface area contributed by atoms with Crippen molar-refractivity contribution in [3.8, 4) is 0 Å². The SMILES string of the molecule is CC(C)(C)C1=CC(=C2C(=C3C=C(C(C)(C)C)C(=O)C(C(C)(C)C)=C3)C2=C2C(=O)C(Cl)=C(Cl)C2=O)C=C(C(C)(C)C)C1=O. The van der Waals surface area contributed by atoms with Gasteiger partial charge in [0.05, 0.1) is 5.57 Å². The van der Waals surface area contributed by atoms with Crippen molar-refractivity contribution >= 4 is 46.3 Å². The number of halogens is 2. The van der Waals surface area contributed by atoms with Gasteiger partial charge in [0.25, 0.3) is 0 Å². The van der Waals surface area contributed by atoms with E-state index in [9.17, 15) is 19.2 Å². The van der Waals surface area contributed by atoms with Crippen LogP contribution >= 0.6 is 23.2 Å². The minimum atomic E-state index is -0.616. The molecule has 0 amide bonds. The highest BCUT2D eigenvalue weighted by Crippen LogP contribution is 2.57. The van der Waals surface area contributed by atoms with Crippen molar-refractivity contribution in [2.45, 2.75) is 83.1 Å². The molecular formula is C36H40Cl2O4. The summed E-state index contributed by atoms with van der Waals surface area (Å²) in [4.78, 5) is 53.9. The Kier molecular flexibility index (Phi) is 7.53. The van der Waals surface area contributed by atoms with Crippen LogP contribution < -0.4 is 0 Å². The molecule has 0 bridgehead atoms. The van der Waals surface area contributed by atoms with Gasteiger partial charge in [-0.05, 0) is 68.3 Å². The van der Waals surface area contributed by atoms with Crippen LogP contribution in [0.1, 0.15) is 83.1 Å². The number of hydrogen-bond acceptors (Lipinski definition) is 4. The summed E-state index contributed by atoms with van der Waals surface area (Å²) >= 11 is 12.4. The molecule has 0 heterocycles. The monoisotopic (exact) mass is 606 g/mol. The van der Waals surface area contributed by atoms with Gasteiger partial charge < -0.3 is 0 Å². The van der Waals surface area contributed by atoms with Gasteiger partial charge in [0.1, 0.15) is 10.1 Å². The Morgan fingerprint density at radius 3 is 0.833 bits per heavy atom. The molecule has 0 aromatic heterocycles. The van der Waals surface area contributed by atoms with Crippen molar-refractivity contribution in [3.63, 3.8) is 0 Å². The maximum Gasteiger partial charge on any atom is 0.210 e. The van der Waals surface area contributed by atoms with E-state index < -0.39 is 33.2 Å². The first-order chi connectivity index (χ1) is 18.9. The van der Waals surface area contributed by atoms with Crippen LogP contribution in [0.2, 0.25) is 0 Å². The fraction of sp³-hybridized carbons (Fsp3) is 0.444. The normalized spacial score (nSPS) is 21.0. The number of rotatable bonds is 0. The van der Waals surface area contributed by atoms with Gasteiger partial charge in [-0.2, -0.15) is 0 Å². The molecule has 4 aliphatic rings. The molecule has 0 aromatic rings. The van der Waals surface area contributed by atoms with Crippen molar-refractivity contribution in [2.24, 2.45) is 21.7 Å². The smallest absolute Gasteiger partial charge is 0.210 e. The minimum absolute atomic E-state index is 0.0164. The van der Waals surface area contributed by atoms with Gasteiger partial charge in [-0.1, -0.05) is 106 Å². The maximum atomic E-state index is 13.7. The van der Waals surface area contributed by atoms with E-state index >= 15 is 0 Å². The molecule has 0 aromatic carbocycles. The van der Waals surface area contributed by atoms with E-state index in [1.807, 2.05) is 107 Å². The number of carbonyl (C=O) groups is 4. The molecule has 222 valence electrons. The zero-order valence-electron chi connectivity index (χ0n) is 26.7. The molecule has 4 nitrogen and oxygen atoms in total. The van der Waals surface area contributed by atoms with E-state index in [0.717, 1.165) is 11.1 Å². The Morgan fingerprint density at radius 1 is 0.381 bits per heavy atom. The maximum absolute atomic E-state index is 13.7. The minimum Gasteiger partial charge on any atom is -0.289 e. The number of Topliss-reactive ketones (excluding diaryl/α,β-unsaturated/α-hetero) is 4. The Balaban J connectivity index is 2.20. The second-order valence-corrected chi connectivity index (χ2v) is 16.3. The van der Waals surface area contributed by atoms with Gasteiger partial charge in [-0.25, -0.2) is 0 Å². The predicted molar refractivity (Wildman–Crippen MR) is 170 cm³/mol. The van der Waals surface area contributed by atoms with Gasteiger partial charge in [0, 0.05) is 27.9 Å². The molecular weight excluding hydrogens is 567 g/mol. The van der Waals surface area contributed by atoms with E-state index in [4.69, 9.17) is 23.2 Å². The average molecular weight is 608 g/mol. The number of ketones is 4. The lowest BCUT2D eigenvalue weighted by Crippen LogP contribution is -2.28. The summed E-state index contributed by atoms with van der Waals surface area (Å²) in [5.41, 5.74) is 4.03. The molecule has 1 fully saturated rings. The van der Waals surface area contributed by atoms with Crippen LogP contribution in [0.5, 0.6) is 0 Å². The lowest BCUT2D eigenvalue weighted by atomic mass is 9.71. The standard InChI is InChI=1S/C36H40Cl2O4/c1-33(2,3)19-13-17(14-20(29(19)39)34(4,5)6)23-24(25(23)26-31(41)27(37)28(38)32(26)42)18-15-21(35(7,8)9)30(40)22(16-18)36(10,11)12/h13-16H,1-12H3. The quantitative estimate of drug-likeness (QED) is 0.204. The zero-order valence-corrected chi connectivity index (χ0v) is 28.2. The lowest BCUT2D eigenvalue weighted by Gasteiger charge is -2.31. The molecule has 0 saturated heterocycles. The number of carbonyl (C=O) groups excluding carboxylic acids is 4. The van der Waals surface area contributed by atoms with E-state index in [1.165, 1.54) is 0 Å². The Labute approximate surface area is 259 Å². The molecule has 42 heavy (non-hydrogen) atoms. The van der Waals surface area contributed by atoms with Crippen molar-refractivity contribution in [2.75, 3.05) is 0 Å². The number of allylic oxidation sites excluding steroid dienone is 16. The van der Waals surface area contributed by atoms with E-state index in [2.05, 4.69) is 0 Å². The van der Waals surface area contributed by atoms with E-state index in [1.54, 1.807) is 0 Å². The zero-order chi connectivity index (χ0) is 32.1. The summed E-state index contributed by atoms with van der Waals surface area (Å²) in [7, 11) is 0. The summed E-state index contributed by atoms with van der Waals surface area (Å²) < 4.78 is 0. The van der Waals surface area contributed by atoms with Crippen LogP contribution in [-0.2, 0) is 19.2 Å². The van der Waals surface area contributed by atoms with Gasteiger partial charge in [0.2, 0.25) is 11.6 Å². The fourth-order valence-corrected chi connectivity index (χ4v) is 5.90.